The van der Waals surface area contributed by atoms with E-state index in [9.17, 15) is 19.8 Å². The first kappa shape index (κ1) is 18.2. The third-order valence-corrected chi connectivity index (χ3v) is 9.03. The predicted molar refractivity (Wildman–Crippen MR) is 98.3 cm³/mol. The number of aliphatic hydroxyl groups excluding tert-OH is 1. The molecule has 0 spiro atoms. The van der Waals surface area contributed by atoms with Gasteiger partial charge in [-0.05, 0) is 54.8 Å². The van der Waals surface area contributed by atoms with Gasteiger partial charge in [0.1, 0.15) is 5.78 Å². The molecule has 144 valence electrons. The average Bonchev–Trinajstić information content (AvgIpc) is 2.75. The van der Waals surface area contributed by atoms with Gasteiger partial charge in [-0.3, -0.25) is 9.59 Å². The van der Waals surface area contributed by atoms with E-state index >= 15 is 0 Å². The molecule has 4 aliphatic rings. The van der Waals surface area contributed by atoms with Gasteiger partial charge in [0, 0.05) is 17.8 Å². The first-order valence-corrected chi connectivity index (χ1v) is 10.2. The number of carbonyl (C=O) groups excluding carboxylic acids is 1. The van der Waals surface area contributed by atoms with E-state index in [4.69, 9.17) is 0 Å². The highest BCUT2D eigenvalue weighted by Gasteiger charge is 2.71. The van der Waals surface area contributed by atoms with Gasteiger partial charge < -0.3 is 10.2 Å². The van der Waals surface area contributed by atoms with E-state index in [1.165, 1.54) is 5.57 Å². The molecular weight excluding hydrogens is 328 g/mol. The minimum absolute atomic E-state index is 0.0100. The molecule has 3 fully saturated rings. The fraction of sp³-hybridized carbons (Fsp3) is 0.818. The summed E-state index contributed by atoms with van der Waals surface area (Å²) in [4.78, 5) is 24.7. The van der Waals surface area contributed by atoms with Gasteiger partial charge in [0.05, 0.1) is 12.5 Å². The van der Waals surface area contributed by atoms with E-state index in [1.807, 2.05) is 0 Å². The second-order valence-corrected chi connectivity index (χ2v) is 10.1. The predicted octanol–water partition coefficient (Wildman–Crippen LogP) is 3.68. The van der Waals surface area contributed by atoms with E-state index in [0.717, 1.165) is 19.3 Å². The first-order chi connectivity index (χ1) is 12.1. The van der Waals surface area contributed by atoms with Gasteiger partial charge in [-0.25, -0.2) is 0 Å². The van der Waals surface area contributed by atoms with Crippen LogP contribution in [0.1, 0.15) is 59.8 Å². The number of carboxylic acid groups (broad SMARTS) is 1. The Kier molecular flexibility index (Phi) is 3.97. The molecule has 0 radical (unpaired) electrons. The van der Waals surface area contributed by atoms with Crippen molar-refractivity contribution in [3.8, 4) is 0 Å². The minimum atomic E-state index is -0.835. The van der Waals surface area contributed by atoms with Gasteiger partial charge in [-0.2, -0.15) is 0 Å². The molecule has 0 aromatic carbocycles. The van der Waals surface area contributed by atoms with Crippen LogP contribution in [0.3, 0.4) is 0 Å². The van der Waals surface area contributed by atoms with Crippen LogP contribution < -0.4 is 0 Å². The van der Waals surface area contributed by atoms with Crippen molar-refractivity contribution < 1.29 is 19.8 Å². The molecule has 26 heavy (non-hydrogen) atoms. The van der Waals surface area contributed by atoms with E-state index in [-0.39, 0.29) is 41.3 Å². The van der Waals surface area contributed by atoms with Gasteiger partial charge in [-0.1, -0.05) is 38.8 Å². The summed E-state index contributed by atoms with van der Waals surface area (Å²) < 4.78 is 0. The molecule has 2 N–H and O–H groups in total. The Bertz CT molecular complexity index is 682. The number of allylic oxidation sites excluding steroid dienone is 2. The van der Waals surface area contributed by atoms with Gasteiger partial charge in [-0.15, -0.1) is 0 Å². The van der Waals surface area contributed by atoms with E-state index in [1.54, 1.807) is 0 Å². The van der Waals surface area contributed by atoms with Crippen molar-refractivity contribution in [3.63, 3.8) is 0 Å². The summed E-state index contributed by atoms with van der Waals surface area (Å²) in [5.41, 5.74) is 0.577. The van der Waals surface area contributed by atoms with Crippen LogP contribution in [0.15, 0.2) is 11.6 Å². The Labute approximate surface area is 156 Å². The molecule has 0 heterocycles. The Balaban J connectivity index is 1.92. The van der Waals surface area contributed by atoms with E-state index in [2.05, 4.69) is 33.8 Å². The van der Waals surface area contributed by atoms with Crippen molar-refractivity contribution in [2.45, 2.75) is 65.9 Å². The third-order valence-electron chi connectivity index (χ3n) is 9.03. The zero-order valence-electron chi connectivity index (χ0n) is 16.4. The zero-order valence-corrected chi connectivity index (χ0v) is 16.4. The van der Waals surface area contributed by atoms with Crippen LogP contribution >= 0.6 is 0 Å². The maximum absolute atomic E-state index is 13.1. The minimum Gasteiger partial charge on any atom is -0.481 e. The SMILES string of the molecule is CC1=CC[C@@H]2[C@@H](C)CC[C@@H]3[C@@H](CC(=O)O)[C@@H](O)[C@@]4(C)CC(=O)[C@H]1[C@H]4[C@]32C. The first-order valence-electron chi connectivity index (χ1n) is 10.2. The molecule has 0 amide bonds. The second kappa shape index (κ2) is 5.67. The largest absolute Gasteiger partial charge is 0.481 e. The Morgan fingerprint density at radius 3 is 2.62 bits per heavy atom. The van der Waals surface area contributed by atoms with Gasteiger partial charge in [0.2, 0.25) is 0 Å². The lowest BCUT2D eigenvalue weighted by atomic mass is 9.40. The van der Waals surface area contributed by atoms with Crippen molar-refractivity contribution in [1.29, 1.82) is 0 Å². The molecule has 4 aliphatic carbocycles. The molecule has 4 nitrogen and oxygen atoms in total. The number of hydrogen-bond acceptors (Lipinski definition) is 3. The monoisotopic (exact) mass is 360 g/mol. The summed E-state index contributed by atoms with van der Waals surface area (Å²) in [6.07, 6.45) is 4.99. The molecule has 3 saturated carbocycles. The summed E-state index contributed by atoms with van der Waals surface area (Å²) in [5.74, 6) is 0.403. The molecule has 0 saturated heterocycles. The van der Waals surface area contributed by atoms with Crippen LogP contribution in [0.25, 0.3) is 0 Å². The van der Waals surface area contributed by atoms with Crippen molar-refractivity contribution in [3.05, 3.63) is 11.6 Å². The summed E-state index contributed by atoms with van der Waals surface area (Å²) >= 11 is 0. The quantitative estimate of drug-likeness (QED) is 0.737. The highest BCUT2D eigenvalue weighted by Crippen LogP contribution is 2.72. The molecular formula is C22H32O4. The van der Waals surface area contributed by atoms with Crippen LogP contribution in [0.4, 0.5) is 0 Å². The van der Waals surface area contributed by atoms with Crippen LogP contribution in [-0.4, -0.2) is 28.1 Å². The number of aliphatic hydroxyl groups is 1. The summed E-state index contributed by atoms with van der Waals surface area (Å²) in [7, 11) is 0. The maximum atomic E-state index is 13.1. The van der Waals surface area contributed by atoms with Crippen LogP contribution in [0.2, 0.25) is 0 Å². The second-order valence-electron chi connectivity index (χ2n) is 10.1. The van der Waals surface area contributed by atoms with Gasteiger partial charge in [0.15, 0.2) is 0 Å². The van der Waals surface area contributed by atoms with Crippen molar-refractivity contribution in [2.75, 3.05) is 0 Å². The smallest absolute Gasteiger partial charge is 0.303 e. The number of aliphatic carboxylic acids is 1. The molecule has 0 aliphatic heterocycles. The summed E-state index contributed by atoms with van der Waals surface area (Å²) in [6, 6.07) is 0. The van der Waals surface area contributed by atoms with Crippen LogP contribution in [0, 0.1) is 46.3 Å². The van der Waals surface area contributed by atoms with Crippen molar-refractivity contribution in [1.82, 2.24) is 0 Å². The number of rotatable bonds is 2. The van der Waals surface area contributed by atoms with Crippen molar-refractivity contribution >= 4 is 11.8 Å². The third kappa shape index (κ3) is 2.11. The molecule has 0 aromatic heterocycles. The summed E-state index contributed by atoms with van der Waals surface area (Å²) in [5, 5.41) is 20.9. The fourth-order valence-electron chi connectivity index (χ4n) is 8.11. The lowest BCUT2D eigenvalue weighted by Crippen LogP contribution is -2.63. The van der Waals surface area contributed by atoms with E-state index in [0.29, 0.717) is 18.3 Å². The van der Waals surface area contributed by atoms with Gasteiger partial charge >= 0.3 is 5.97 Å². The standard InChI is InChI=1S/C22H32O4/c1-11-5-8-15-13(9-17(24)25)20(26)21(3)10-16(23)18-12(2)6-7-14(11)22(15,4)19(18)21/h6,11,13-15,18-20,26H,5,7-10H2,1-4H3,(H,24,25)/t11-,13+,14+,15+,18-,19+,20+,21-,22-/m0/s1. The Morgan fingerprint density at radius 2 is 1.96 bits per heavy atom. The van der Waals surface area contributed by atoms with Crippen LogP contribution in [-0.2, 0) is 9.59 Å². The number of carboxylic acids is 1. The molecule has 0 bridgehead atoms. The average molecular weight is 360 g/mol. The van der Waals surface area contributed by atoms with E-state index < -0.39 is 17.5 Å². The van der Waals surface area contributed by atoms with Crippen LogP contribution in [0.5, 0.6) is 0 Å². The molecule has 4 heteroatoms. The Hall–Kier alpha value is -1.16. The lowest BCUT2D eigenvalue weighted by molar-refractivity contribution is -0.211. The highest BCUT2D eigenvalue weighted by molar-refractivity contribution is 5.88. The lowest BCUT2D eigenvalue weighted by Gasteiger charge is -2.65. The van der Waals surface area contributed by atoms with Crippen molar-refractivity contribution in [2.24, 2.45) is 46.3 Å². The molecule has 0 unspecified atom stereocenters. The summed E-state index contributed by atoms with van der Waals surface area (Å²) in [6.45, 7) is 8.80. The number of hydrogen-bond donors (Lipinski definition) is 2. The molecule has 9 atom stereocenters. The highest BCUT2D eigenvalue weighted by atomic mass is 16.4. The zero-order chi connectivity index (χ0) is 19.0. The Morgan fingerprint density at radius 1 is 1.27 bits per heavy atom. The topological polar surface area (TPSA) is 74.6 Å². The molecule has 4 rings (SSSR count). The number of ketones is 1. The molecule has 0 aromatic rings. The fourth-order valence-corrected chi connectivity index (χ4v) is 8.11. The number of carbonyl (C=O) groups is 2. The maximum Gasteiger partial charge on any atom is 0.303 e. The van der Waals surface area contributed by atoms with Gasteiger partial charge in [0.25, 0.3) is 0 Å². The number of Topliss-reactive ketones (excluding diaryl/α,β-unsaturated/α-hetero) is 1. The normalized spacial score (nSPS) is 52.9.